The second-order valence-corrected chi connectivity index (χ2v) is 5.39. The summed E-state index contributed by atoms with van der Waals surface area (Å²) in [7, 11) is 0. The Morgan fingerprint density at radius 1 is 1.40 bits per heavy atom. The van der Waals surface area contributed by atoms with Crippen LogP contribution in [0, 0.1) is 5.92 Å². The molecule has 3 nitrogen and oxygen atoms in total. The Labute approximate surface area is 93.8 Å². The van der Waals surface area contributed by atoms with Crippen LogP contribution < -0.4 is 11.1 Å². The van der Waals surface area contributed by atoms with Gasteiger partial charge in [-0.15, -0.1) is 0 Å². The normalized spacial score (nSPS) is 32.6. The van der Waals surface area contributed by atoms with Crippen LogP contribution in [-0.4, -0.2) is 30.8 Å². The fourth-order valence-electron chi connectivity index (χ4n) is 2.37. The number of nitrogens with one attached hydrogen (secondary N) is 1. The molecule has 0 aromatic heterocycles. The summed E-state index contributed by atoms with van der Waals surface area (Å²) >= 11 is 0. The summed E-state index contributed by atoms with van der Waals surface area (Å²) in [6.07, 6.45) is 2.43. The highest BCUT2D eigenvalue weighted by molar-refractivity contribution is 4.95. The predicted molar refractivity (Wildman–Crippen MR) is 63.9 cm³/mol. The van der Waals surface area contributed by atoms with Crippen LogP contribution in [0.1, 0.15) is 40.5 Å². The lowest BCUT2D eigenvalue weighted by atomic mass is 9.82. The van der Waals surface area contributed by atoms with Crippen molar-refractivity contribution in [1.82, 2.24) is 5.32 Å². The molecule has 0 aromatic rings. The molecule has 1 fully saturated rings. The van der Waals surface area contributed by atoms with Gasteiger partial charge < -0.3 is 15.8 Å². The molecule has 1 aliphatic heterocycles. The third kappa shape index (κ3) is 3.44. The van der Waals surface area contributed by atoms with E-state index in [0.29, 0.717) is 24.6 Å². The molecule has 0 aromatic carbocycles. The Bertz CT molecular complexity index is 194. The summed E-state index contributed by atoms with van der Waals surface area (Å²) in [5, 5.41) is 3.62. The van der Waals surface area contributed by atoms with Crippen molar-refractivity contribution in [2.24, 2.45) is 11.7 Å². The molecule has 0 amide bonds. The number of hydrogen-bond acceptors (Lipinski definition) is 3. The van der Waals surface area contributed by atoms with E-state index in [0.717, 1.165) is 19.4 Å². The zero-order valence-corrected chi connectivity index (χ0v) is 10.5. The van der Waals surface area contributed by atoms with Crippen molar-refractivity contribution in [3.8, 4) is 0 Å². The highest BCUT2D eigenvalue weighted by Gasteiger charge is 2.37. The molecule has 0 spiro atoms. The van der Waals surface area contributed by atoms with Gasteiger partial charge in [0.25, 0.3) is 0 Å². The fraction of sp³-hybridized carbons (Fsp3) is 1.00. The first-order valence-corrected chi connectivity index (χ1v) is 6.08. The van der Waals surface area contributed by atoms with Crippen LogP contribution in [0.15, 0.2) is 0 Å². The largest absolute Gasteiger partial charge is 0.378 e. The molecule has 0 radical (unpaired) electrons. The molecular weight excluding hydrogens is 188 g/mol. The van der Waals surface area contributed by atoms with Gasteiger partial charge in [-0.3, -0.25) is 0 Å². The van der Waals surface area contributed by atoms with Gasteiger partial charge in [0.2, 0.25) is 0 Å². The molecule has 1 heterocycles. The molecule has 3 heteroatoms. The smallest absolute Gasteiger partial charge is 0.0616 e. The van der Waals surface area contributed by atoms with E-state index >= 15 is 0 Å². The van der Waals surface area contributed by atoms with Gasteiger partial charge in [0.1, 0.15) is 0 Å². The molecule has 2 atom stereocenters. The van der Waals surface area contributed by atoms with Crippen molar-refractivity contribution in [2.45, 2.75) is 58.2 Å². The van der Waals surface area contributed by atoms with Crippen molar-refractivity contribution in [1.29, 1.82) is 0 Å². The average molecular weight is 214 g/mol. The van der Waals surface area contributed by atoms with Gasteiger partial charge in [0.15, 0.2) is 0 Å². The average Bonchev–Trinajstić information content (AvgIpc) is 2.17. The number of rotatable bonds is 4. The maximum absolute atomic E-state index is 5.93. The molecule has 15 heavy (non-hydrogen) atoms. The lowest BCUT2D eigenvalue weighted by molar-refractivity contribution is -0.0510. The third-order valence-corrected chi connectivity index (χ3v) is 3.23. The molecular formula is C12H26N2O. The molecule has 1 rings (SSSR count). The van der Waals surface area contributed by atoms with Crippen molar-refractivity contribution in [3.63, 3.8) is 0 Å². The van der Waals surface area contributed by atoms with Crippen LogP contribution in [0.4, 0.5) is 0 Å². The van der Waals surface area contributed by atoms with E-state index in [1.54, 1.807) is 0 Å². The molecule has 0 bridgehead atoms. The van der Waals surface area contributed by atoms with Gasteiger partial charge >= 0.3 is 0 Å². The van der Waals surface area contributed by atoms with E-state index in [1.165, 1.54) is 0 Å². The molecule has 3 N–H and O–H groups in total. The van der Waals surface area contributed by atoms with Gasteiger partial charge in [0, 0.05) is 24.7 Å². The minimum Gasteiger partial charge on any atom is -0.378 e. The summed E-state index contributed by atoms with van der Waals surface area (Å²) in [6, 6.07) is 0.486. The highest BCUT2D eigenvalue weighted by atomic mass is 16.5. The first-order valence-electron chi connectivity index (χ1n) is 6.08. The molecule has 1 saturated heterocycles. The van der Waals surface area contributed by atoms with Crippen LogP contribution in [0.3, 0.4) is 0 Å². The summed E-state index contributed by atoms with van der Waals surface area (Å²) in [4.78, 5) is 0. The van der Waals surface area contributed by atoms with Gasteiger partial charge in [0.05, 0.1) is 6.10 Å². The quantitative estimate of drug-likeness (QED) is 0.746. The second kappa shape index (κ2) is 5.28. The minimum absolute atomic E-state index is 0.0986. The maximum Gasteiger partial charge on any atom is 0.0616 e. The second-order valence-electron chi connectivity index (χ2n) is 5.39. The Kier molecular flexibility index (Phi) is 4.56. The fourth-order valence-corrected chi connectivity index (χ4v) is 2.37. The lowest BCUT2D eigenvalue weighted by Gasteiger charge is -2.43. The van der Waals surface area contributed by atoms with Gasteiger partial charge in [-0.2, -0.15) is 0 Å². The van der Waals surface area contributed by atoms with Crippen molar-refractivity contribution in [3.05, 3.63) is 0 Å². The van der Waals surface area contributed by atoms with Crippen LogP contribution >= 0.6 is 0 Å². The summed E-state index contributed by atoms with van der Waals surface area (Å²) < 4.78 is 5.78. The standard InChI is InChI=1S/C12H26N2O/c1-9(2)11-7-12(8-13,5-6-15-11)14-10(3)4/h9-11,14H,5-8,13H2,1-4H3. The Morgan fingerprint density at radius 3 is 2.53 bits per heavy atom. The topological polar surface area (TPSA) is 47.3 Å². The van der Waals surface area contributed by atoms with E-state index in [1.807, 2.05) is 0 Å². The Morgan fingerprint density at radius 2 is 2.07 bits per heavy atom. The van der Waals surface area contributed by atoms with E-state index in [9.17, 15) is 0 Å². The first-order chi connectivity index (χ1) is 6.99. The third-order valence-electron chi connectivity index (χ3n) is 3.23. The number of ether oxygens (including phenoxy) is 1. The van der Waals surface area contributed by atoms with E-state index in [2.05, 4.69) is 33.0 Å². The maximum atomic E-state index is 5.93. The molecule has 0 saturated carbocycles. The summed E-state index contributed by atoms with van der Waals surface area (Å²) in [6.45, 7) is 10.3. The molecule has 90 valence electrons. The van der Waals surface area contributed by atoms with Crippen LogP contribution in [-0.2, 0) is 4.74 Å². The van der Waals surface area contributed by atoms with Gasteiger partial charge in [-0.25, -0.2) is 0 Å². The zero-order chi connectivity index (χ0) is 11.5. The van der Waals surface area contributed by atoms with Crippen molar-refractivity contribution < 1.29 is 4.74 Å². The van der Waals surface area contributed by atoms with Crippen molar-refractivity contribution >= 4 is 0 Å². The van der Waals surface area contributed by atoms with E-state index < -0.39 is 0 Å². The first kappa shape index (κ1) is 12.9. The zero-order valence-electron chi connectivity index (χ0n) is 10.5. The van der Waals surface area contributed by atoms with Crippen molar-refractivity contribution in [2.75, 3.05) is 13.2 Å². The van der Waals surface area contributed by atoms with Crippen LogP contribution in [0.2, 0.25) is 0 Å². The number of nitrogens with two attached hydrogens (primary N) is 1. The number of hydrogen-bond donors (Lipinski definition) is 2. The summed E-state index contributed by atoms with van der Waals surface area (Å²) in [5.74, 6) is 0.574. The lowest BCUT2D eigenvalue weighted by Crippen LogP contribution is -2.59. The summed E-state index contributed by atoms with van der Waals surface area (Å²) in [5.41, 5.74) is 6.03. The Balaban J connectivity index is 2.63. The van der Waals surface area contributed by atoms with E-state index in [4.69, 9.17) is 10.5 Å². The Hall–Kier alpha value is -0.120. The predicted octanol–water partition coefficient (Wildman–Crippen LogP) is 1.52. The highest BCUT2D eigenvalue weighted by Crippen LogP contribution is 2.28. The minimum atomic E-state index is 0.0986. The SMILES string of the molecule is CC(C)NC1(CN)CCOC(C(C)C)C1. The monoisotopic (exact) mass is 214 g/mol. The molecule has 2 unspecified atom stereocenters. The van der Waals surface area contributed by atoms with Gasteiger partial charge in [-0.1, -0.05) is 27.7 Å². The van der Waals surface area contributed by atoms with Crippen LogP contribution in [0.25, 0.3) is 0 Å². The van der Waals surface area contributed by atoms with Gasteiger partial charge in [-0.05, 0) is 18.8 Å². The van der Waals surface area contributed by atoms with E-state index in [-0.39, 0.29) is 5.54 Å². The van der Waals surface area contributed by atoms with Crippen LogP contribution in [0.5, 0.6) is 0 Å². The molecule has 1 aliphatic rings. The molecule has 0 aliphatic carbocycles.